The number of carbonyl (C=O) groups excluding carboxylic acids is 1. The third-order valence-electron chi connectivity index (χ3n) is 3.99. The van der Waals surface area contributed by atoms with Crippen LogP contribution in [0.1, 0.15) is 32.2 Å². The summed E-state index contributed by atoms with van der Waals surface area (Å²) in [6.45, 7) is 8.49. The summed E-state index contributed by atoms with van der Waals surface area (Å²) in [6.07, 6.45) is 5.73. The molecular weight excluding hydrogens is 360 g/mol. The number of halogens is 1. The quantitative estimate of drug-likeness (QED) is 0.520. The van der Waals surface area contributed by atoms with Gasteiger partial charge in [0.1, 0.15) is 5.15 Å². The molecule has 0 spiro atoms. The number of rotatable bonds is 2. The largest absolute Gasteiger partial charge is 0.372 e. The zero-order valence-corrected chi connectivity index (χ0v) is 16.7. The molecule has 27 heavy (non-hydrogen) atoms. The number of hydrogen-bond acceptors (Lipinski definition) is 4. The smallest absolute Gasteiger partial charge is 0.204 e. The lowest BCUT2D eigenvalue weighted by atomic mass is 9.90. The van der Waals surface area contributed by atoms with Crippen LogP contribution in [-0.2, 0) is 10.2 Å². The third kappa shape index (κ3) is 5.34. The molecule has 0 atom stereocenters. The van der Waals surface area contributed by atoms with Crippen LogP contribution >= 0.6 is 11.6 Å². The third-order valence-corrected chi connectivity index (χ3v) is 4.19. The van der Waals surface area contributed by atoms with Crippen molar-refractivity contribution in [3.05, 3.63) is 65.5 Å². The van der Waals surface area contributed by atoms with Crippen molar-refractivity contribution in [1.82, 2.24) is 15.0 Å². The Hall–Kier alpha value is -2.79. The van der Waals surface area contributed by atoms with E-state index in [9.17, 15) is 0 Å². The van der Waals surface area contributed by atoms with Crippen molar-refractivity contribution in [1.29, 1.82) is 0 Å². The second-order valence-corrected chi connectivity index (χ2v) is 7.43. The lowest BCUT2D eigenvalue weighted by molar-refractivity contribution is -0.106. The molecule has 0 aliphatic rings. The molecule has 0 aromatic carbocycles. The first-order chi connectivity index (χ1) is 12.8. The van der Waals surface area contributed by atoms with E-state index in [2.05, 4.69) is 53.6 Å². The molecule has 0 fully saturated rings. The number of primary amides is 1. The maximum atomic E-state index is 8.58. The molecule has 3 rings (SSSR count). The fourth-order valence-electron chi connectivity index (χ4n) is 2.57. The highest BCUT2D eigenvalue weighted by molar-refractivity contribution is 6.29. The van der Waals surface area contributed by atoms with Crippen molar-refractivity contribution in [3.8, 4) is 22.3 Å². The summed E-state index contributed by atoms with van der Waals surface area (Å²) >= 11 is 6.04. The van der Waals surface area contributed by atoms with Gasteiger partial charge < -0.3 is 5.73 Å². The first-order valence-electron chi connectivity index (χ1n) is 8.47. The maximum Gasteiger partial charge on any atom is 0.204 e. The summed E-state index contributed by atoms with van der Waals surface area (Å²) in [5.74, 6) is 0. The van der Waals surface area contributed by atoms with E-state index >= 15 is 0 Å². The number of aromatic nitrogens is 3. The molecule has 0 unspecified atom stereocenters. The Morgan fingerprint density at radius 3 is 2.22 bits per heavy atom. The molecule has 0 radical (unpaired) electrons. The second-order valence-electron chi connectivity index (χ2n) is 7.04. The van der Waals surface area contributed by atoms with Crippen LogP contribution in [0.4, 0.5) is 0 Å². The van der Waals surface area contributed by atoms with Gasteiger partial charge in [-0.15, -0.1) is 0 Å². The van der Waals surface area contributed by atoms with E-state index in [1.165, 1.54) is 0 Å². The molecule has 5 nitrogen and oxygen atoms in total. The first kappa shape index (κ1) is 20.5. The number of hydrogen-bond donors (Lipinski definition) is 1. The number of pyridine rings is 3. The summed E-state index contributed by atoms with van der Waals surface area (Å²) in [5.41, 5.74) is 10.5. The highest BCUT2D eigenvalue weighted by Crippen LogP contribution is 2.30. The molecule has 0 aliphatic heterocycles. The SMILES string of the molecule is Cc1ncc(-c2ccnc(C(C)(C)C)c2)cc1-c1ccnc(Cl)c1.NC=O. The van der Waals surface area contributed by atoms with E-state index in [-0.39, 0.29) is 11.8 Å². The predicted octanol–water partition coefficient (Wildman–Crippen LogP) is 4.57. The van der Waals surface area contributed by atoms with E-state index in [0.717, 1.165) is 33.6 Å². The number of nitrogens with two attached hydrogens (primary N) is 1. The molecule has 3 aromatic rings. The minimum atomic E-state index is 0.00951. The van der Waals surface area contributed by atoms with Crippen LogP contribution in [0.15, 0.2) is 48.9 Å². The van der Waals surface area contributed by atoms with Crippen molar-refractivity contribution in [3.63, 3.8) is 0 Å². The van der Waals surface area contributed by atoms with Gasteiger partial charge in [0.15, 0.2) is 0 Å². The fraction of sp³-hybridized carbons (Fsp3) is 0.238. The van der Waals surface area contributed by atoms with Crippen molar-refractivity contribution in [2.75, 3.05) is 0 Å². The molecule has 6 heteroatoms. The second kappa shape index (κ2) is 8.73. The van der Waals surface area contributed by atoms with Crippen LogP contribution in [0.3, 0.4) is 0 Å². The molecular formula is C21H23ClN4O. The zero-order chi connectivity index (χ0) is 20.0. The van der Waals surface area contributed by atoms with Gasteiger partial charge in [0.05, 0.1) is 0 Å². The van der Waals surface area contributed by atoms with E-state index in [1.54, 1.807) is 6.20 Å². The summed E-state index contributed by atoms with van der Waals surface area (Å²) in [7, 11) is 0. The van der Waals surface area contributed by atoms with Crippen LogP contribution < -0.4 is 5.73 Å². The Morgan fingerprint density at radius 2 is 1.59 bits per heavy atom. The van der Waals surface area contributed by atoms with Gasteiger partial charge in [0.2, 0.25) is 6.41 Å². The highest BCUT2D eigenvalue weighted by Gasteiger charge is 2.16. The van der Waals surface area contributed by atoms with Crippen molar-refractivity contribution in [2.45, 2.75) is 33.1 Å². The van der Waals surface area contributed by atoms with Crippen LogP contribution in [0.5, 0.6) is 0 Å². The molecule has 140 valence electrons. The van der Waals surface area contributed by atoms with Gasteiger partial charge >= 0.3 is 0 Å². The van der Waals surface area contributed by atoms with E-state index in [0.29, 0.717) is 5.15 Å². The molecule has 0 aliphatic carbocycles. The van der Waals surface area contributed by atoms with Gasteiger partial charge in [-0.2, -0.15) is 0 Å². The predicted molar refractivity (Wildman–Crippen MR) is 109 cm³/mol. The average Bonchev–Trinajstić information content (AvgIpc) is 2.62. The zero-order valence-electron chi connectivity index (χ0n) is 15.9. The number of nitrogens with zero attached hydrogens (tertiary/aromatic N) is 3. The van der Waals surface area contributed by atoms with Crippen LogP contribution in [0.2, 0.25) is 5.15 Å². The molecule has 0 saturated heterocycles. The minimum Gasteiger partial charge on any atom is -0.372 e. The average molecular weight is 383 g/mol. The Balaban J connectivity index is 0.000000817. The monoisotopic (exact) mass is 382 g/mol. The summed E-state index contributed by atoms with van der Waals surface area (Å²) in [6, 6.07) is 10.1. The summed E-state index contributed by atoms with van der Waals surface area (Å²) in [5, 5.41) is 0.483. The van der Waals surface area contributed by atoms with Gasteiger partial charge in [-0.1, -0.05) is 32.4 Å². The Labute approximate surface area is 164 Å². The number of carbonyl (C=O) groups is 1. The molecule has 3 heterocycles. The van der Waals surface area contributed by atoms with Crippen LogP contribution in [-0.4, -0.2) is 21.4 Å². The Bertz CT molecular complexity index is 935. The maximum absolute atomic E-state index is 8.58. The van der Waals surface area contributed by atoms with Gasteiger partial charge in [-0.05, 0) is 48.4 Å². The van der Waals surface area contributed by atoms with E-state index in [1.807, 2.05) is 37.5 Å². The normalized spacial score (nSPS) is 10.7. The standard InChI is InChI=1S/C20H20ClN3.CH3NO/c1-13-17(15-6-8-23-19(21)11-15)9-16(12-24-13)14-5-7-22-18(10-14)20(2,3)4;2-1-3/h5-12H,1-4H3;1H,(H2,2,3). The highest BCUT2D eigenvalue weighted by atomic mass is 35.5. The number of amides is 1. The summed E-state index contributed by atoms with van der Waals surface area (Å²) in [4.78, 5) is 21.7. The topological polar surface area (TPSA) is 81.8 Å². The lowest BCUT2D eigenvalue weighted by Gasteiger charge is -2.18. The van der Waals surface area contributed by atoms with Gasteiger partial charge in [0, 0.05) is 46.5 Å². The minimum absolute atomic E-state index is 0.00951. The van der Waals surface area contributed by atoms with E-state index < -0.39 is 0 Å². The summed E-state index contributed by atoms with van der Waals surface area (Å²) < 4.78 is 0. The molecule has 0 bridgehead atoms. The molecule has 3 aromatic heterocycles. The van der Waals surface area contributed by atoms with Gasteiger partial charge in [0.25, 0.3) is 0 Å². The molecule has 0 saturated carbocycles. The van der Waals surface area contributed by atoms with Crippen molar-refractivity contribution < 1.29 is 4.79 Å². The first-order valence-corrected chi connectivity index (χ1v) is 8.85. The van der Waals surface area contributed by atoms with Gasteiger partial charge in [-0.25, -0.2) is 4.98 Å². The van der Waals surface area contributed by atoms with Crippen LogP contribution in [0.25, 0.3) is 22.3 Å². The Kier molecular flexibility index (Phi) is 6.64. The van der Waals surface area contributed by atoms with E-state index in [4.69, 9.17) is 16.4 Å². The molecule has 1 amide bonds. The number of aryl methyl sites for hydroxylation is 1. The fourth-order valence-corrected chi connectivity index (χ4v) is 2.75. The van der Waals surface area contributed by atoms with Gasteiger partial charge in [-0.3, -0.25) is 14.8 Å². The van der Waals surface area contributed by atoms with Crippen molar-refractivity contribution >= 4 is 18.0 Å². The molecule has 2 N–H and O–H groups in total. The Morgan fingerprint density at radius 1 is 0.963 bits per heavy atom. The lowest BCUT2D eigenvalue weighted by Crippen LogP contribution is -2.13. The van der Waals surface area contributed by atoms with Crippen molar-refractivity contribution in [2.24, 2.45) is 5.73 Å². The van der Waals surface area contributed by atoms with Crippen LogP contribution in [0, 0.1) is 6.92 Å².